The van der Waals surface area contributed by atoms with E-state index in [2.05, 4.69) is 10.1 Å². The van der Waals surface area contributed by atoms with Gasteiger partial charge in [0.1, 0.15) is 0 Å². The predicted octanol–water partition coefficient (Wildman–Crippen LogP) is 2.87. The van der Waals surface area contributed by atoms with Crippen LogP contribution in [0.4, 0.5) is 13.2 Å². The number of piperidine rings is 1. The number of hydrogen-bond acceptors (Lipinski definition) is 5. The van der Waals surface area contributed by atoms with Gasteiger partial charge in [0.15, 0.2) is 11.9 Å². The summed E-state index contributed by atoms with van der Waals surface area (Å²) in [6.45, 7) is 1.35. The van der Waals surface area contributed by atoms with E-state index in [1.54, 1.807) is 0 Å². The van der Waals surface area contributed by atoms with Crippen LogP contribution >= 0.6 is 0 Å². The highest BCUT2D eigenvalue weighted by molar-refractivity contribution is 5.51. The van der Waals surface area contributed by atoms with E-state index in [0.717, 1.165) is 5.56 Å². The molecule has 24 heavy (non-hydrogen) atoms. The lowest BCUT2D eigenvalue weighted by atomic mass is 9.91. The van der Waals surface area contributed by atoms with Gasteiger partial charge in [-0.15, -0.1) is 0 Å². The molecule has 1 aliphatic rings. The summed E-state index contributed by atoms with van der Waals surface area (Å²) >= 11 is 0. The Labute approximate surface area is 137 Å². The Bertz CT molecular complexity index is 652. The molecule has 1 aromatic heterocycles. The molecule has 2 aromatic rings. The average molecular weight is 341 g/mol. The second-order valence-electron chi connectivity index (χ2n) is 5.98. The van der Waals surface area contributed by atoms with Crippen molar-refractivity contribution in [3.8, 4) is 11.5 Å². The molecule has 1 saturated heterocycles. The molecule has 1 unspecified atom stereocenters. The summed E-state index contributed by atoms with van der Waals surface area (Å²) in [5, 5.41) is 13.3. The second kappa shape index (κ2) is 6.90. The minimum absolute atomic E-state index is 0.296. The Morgan fingerprint density at radius 2 is 1.88 bits per heavy atom. The van der Waals surface area contributed by atoms with Crippen LogP contribution < -0.4 is 0 Å². The highest BCUT2D eigenvalue weighted by atomic mass is 19.4. The molecule has 0 radical (unpaired) electrons. The van der Waals surface area contributed by atoms with Crippen molar-refractivity contribution in [1.29, 1.82) is 0 Å². The Morgan fingerprint density at radius 3 is 2.50 bits per heavy atom. The van der Waals surface area contributed by atoms with Crippen molar-refractivity contribution < 1.29 is 22.8 Å². The van der Waals surface area contributed by atoms with Gasteiger partial charge in [-0.25, -0.2) is 0 Å². The third-order valence-electron chi connectivity index (χ3n) is 4.27. The summed E-state index contributed by atoms with van der Waals surface area (Å²) in [7, 11) is 0. The summed E-state index contributed by atoms with van der Waals surface area (Å²) in [5.41, 5.74) is 0.822. The van der Waals surface area contributed by atoms with Crippen molar-refractivity contribution in [1.82, 2.24) is 15.0 Å². The number of halogens is 3. The smallest absolute Gasteiger partial charge is 0.383 e. The molecule has 0 saturated carbocycles. The molecule has 1 N–H and O–H groups in total. The minimum atomic E-state index is -4.55. The third-order valence-corrected chi connectivity index (χ3v) is 4.27. The molecular formula is C16H18F3N3O2. The van der Waals surface area contributed by atoms with Crippen LogP contribution in [0, 0.1) is 5.92 Å². The van der Waals surface area contributed by atoms with E-state index in [1.807, 2.05) is 35.2 Å². The summed E-state index contributed by atoms with van der Waals surface area (Å²) in [5.74, 6) is 0.183. The fourth-order valence-corrected chi connectivity index (χ4v) is 2.91. The molecule has 0 spiro atoms. The molecule has 1 atom stereocenters. The molecule has 1 aromatic carbocycles. The number of aliphatic hydroxyl groups is 1. The van der Waals surface area contributed by atoms with E-state index < -0.39 is 18.2 Å². The van der Waals surface area contributed by atoms with E-state index in [-0.39, 0.29) is 0 Å². The molecule has 0 amide bonds. The van der Waals surface area contributed by atoms with Gasteiger partial charge < -0.3 is 9.63 Å². The van der Waals surface area contributed by atoms with Gasteiger partial charge in [0.2, 0.25) is 0 Å². The third kappa shape index (κ3) is 3.93. The molecular weight excluding hydrogens is 323 g/mol. The first-order chi connectivity index (χ1) is 11.4. The van der Waals surface area contributed by atoms with Crippen molar-refractivity contribution >= 4 is 0 Å². The summed E-state index contributed by atoms with van der Waals surface area (Å²) in [6.07, 6.45) is -6.20. The summed E-state index contributed by atoms with van der Waals surface area (Å²) in [6, 6.07) is 9.36. The van der Waals surface area contributed by atoms with Gasteiger partial charge in [-0.05, 0) is 44.0 Å². The molecule has 2 heterocycles. The average Bonchev–Trinajstić information content (AvgIpc) is 3.03. The highest BCUT2D eigenvalue weighted by Gasteiger charge is 2.44. The van der Waals surface area contributed by atoms with Crippen molar-refractivity contribution in [3.05, 3.63) is 36.2 Å². The van der Waals surface area contributed by atoms with Gasteiger partial charge in [-0.2, -0.15) is 18.2 Å². The van der Waals surface area contributed by atoms with E-state index in [1.165, 1.54) is 0 Å². The van der Waals surface area contributed by atoms with Crippen LogP contribution in [0.1, 0.15) is 18.7 Å². The van der Waals surface area contributed by atoms with Gasteiger partial charge in [0, 0.05) is 5.56 Å². The number of nitrogens with zero attached hydrogens (tertiary/aromatic N) is 3. The maximum absolute atomic E-state index is 12.5. The van der Waals surface area contributed by atoms with Crippen LogP contribution in [0.3, 0.4) is 0 Å². The molecule has 0 bridgehead atoms. The zero-order chi connectivity index (χ0) is 17.2. The van der Waals surface area contributed by atoms with Crippen LogP contribution in [-0.2, 0) is 6.54 Å². The fourth-order valence-electron chi connectivity index (χ4n) is 2.91. The van der Waals surface area contributed by atoms with Gasteiger partial charge >= 0.3 is 6.18 Å². The summed E-state index contributed by atoms with van der Waals surface area (Å²) in [4.78, 5) is 6.29. The molecule has 5 nitrogen and oxygen atoms in total. The Kier molecular flexibility index (Phi) is 4.86. The van der Waals surface area contributed by atoms with Crippen LogP contribution in [0.15, 0.2) is 34.9 Å². The maximum Gasteiger partial charge on any atom is 0.414 e. The van der Waals surface area contributed by atoms with E-state index >= 15 is 0 Å². The van der Waals surface area contributed by atoms with Crippen LogP contribution in [-0.4, -0.2) is 45.5 Å². The highest BCUT2D eigenvalue weighted by Crippen LogP contribution is 2.31. The second-order valence-corrected chi connectivity index (χ2v) is 5.98. The van der Waals surface area contributed by atoms with E-state index in [9.17, 15) is 18.3 Å². The normalized spacial score (nSPS) is 18.7. The largest absolute Gasteiger partial charge is 0.414 e. The lowest BCUT2D eigenvalue weighted by Crippen LogP contribution is -2.43. The number of rotatable bonds is 4. The van der Waals surface area contributed by atoms with Gasteiger partial charge in [0.05, 0.1) is 6.54 Å². The van der Waals surface area contributed by atoms with Gasteiger partial charge in [0.25, 0.3) is 5.89 Å². The number of aliphatic hydroxyl groups excluding tert-OH is 1. The lowest BCUT2D eigenvalue weighted by molar-refractivity contribution is -0.223. The molecule has 1 fully saturated rings. The zero-order valence-electron chi connectivity index (χ0n) is 12.9. The number of aromatic nitrogens is 2. The number of hydrogen-bond donors (Lipinski definition) is 1. The van der Waals surface area contributed by atoms with Crippen molar-refractivity contribution in [2.75, 3.05) is 13.1 Å². The monoisotopic (exact) mass is 341 g/mol. The predicted molar refractivity (Wildman–Crippen MR) is 79.8 cm³/mol. The topological polar surface area (TPSA) is 62.4 Å². The fraction of sp³-hybridized carbons (Fsp3) is 0.500. The number of benzene rings is 1. The van der Waals surface area contributed by atoms with Crippen molar-refractivity contribution in [3.63, 3.8) is 0 Å². The molecule has 3 rings (SSSR count). The molecule has 8 heteroatoms. The van der Waals surface area contributed by atoms with Crippen LogP contribution in [0.25, 0.3) is 11.5 Å². The van der Waals surface area contributed by atoms with Gasteiger partial charge in [-0.1, -0.05) is 23.4 Å². The Morgan fingerprint density at radius 1 is 1.21 bits per heavy atom. The Hall–Kier alpha value is -1.93. The maximum atomic E-state index is 12.5. The van der Waals surface area contributed by atoms with Gasteiger partial charge in [-0.3, -0.25) is 4.90 Å². The lowest BCUT2D eigenvalue weighted by Gasteiger charge is -2.34. The number of alkyl halides is 3. The Balaban J connectivity index is 1.55. The van der Waals surface area contributed by atoms with Crippen molar-refractivity contribution in [2.24, 2.45) is 5.92 Å². The summed E-state index contributed by atoms with van der Waals surface area (Å²) < 4.78 is 42.9. The molecule has 0 aliphatic carbocycles. The standard InChI is InChI=1S/C16H18F3N3O2/c17-16(18,19)14(23)11-6-8-22(9-7-11)10-13-20-15(24-21-13)12-4-2-1-3-5-12/h1-5,11,14,23H,6-10H2. The SMILES string of the molecule is OC(C1CCN(Cc2noc(-c3ccccc3)n2)CC1)C(F)(F)F. The number of likely N-dealkylation sites (tertiary alicyclic amines) is 1. The molecule has 130 valence electrons. The van der Waals surface area contributed by atoms with E-state index in [4.69, 9.17) is 4.52 Å². The zero-order valence-corrected chi connectivity index (χ0v) is 12.9. The van der Waals surface area contributed by atoms with Crippen molar-refractivity contribution in [2.45, 2.75) is 31.7 Å². The van der Waals surface area contributed by atoms with E-state index in [0.29, 0.717) is 44.2 Å². The first kappa shape index (κ1) is 16.9. The molecule has 1 aliphatic heterocycles. The minimum Gasteiger partial charge on any atom is -0.383 e. The quantitative estimate of drug-likeness (QED) is 0.926. The van der Waals surface area contributed by atoms with Crippen LogP contribution in [0.5, 0.6) is 0 Å². The first-order valence-corrected chi connectivity index (χ1v) is 7.78. The van der Waals surface area contributed by atoms with Crippen LogP contribution in [0.2, 0.25) is 0 Å². The first-order valence-electron chi connectivity index (χ1n) is 7.78.